The number of ketones is 2. The Morgan fingerprint density at radius 3 is 1.86 bits per heavy atom. The van der Waals surface area contributed by atoms with Crippen molar-refractivity contribution in [3.63, 3.8) is 0 Å². The molecule has 2 amide bonds. The average Bonchev–Trinajstić information content (AvgIpc) is 2.32. The van der Waals surface area contributed by atoms with Crippen LogP contribution >= 0.6 is 0 Å². The lowest BCUT2D eigenvalue weighted by molar-refractivity contribution is -0.147. The van der Waals surface area contributed by atoms with Crippen LogP contribution in [0.25, 0.3) is 0 Å². The molecule has 0 spiro atoms. The van der Waals surface area contributed by atoms with E-state index in [0.717, 1.165) is 0 Å². The monoisotopic (exact) mass is 198 g/mol. The third kappa shape index (κ3) is 1.28. The summed E-state index contributed by atoms with van der Waals surface area (Å²) in [5, 5.41) is 0. The van der Waals surface area contributed by atoms with Crippen molar-refractivity contribution in [1.82, 2.24) is 0 Å². The van der Waals surface area contributed by atoms with E-state index in [9.17, 15) is 19.2 Å². The van der Waals surface area contributed by atoms with Gasteiger partial charge in [0.05, 0.1) is 6.42 Å². The maximum Gasteiger partial charge on any atom is 0.239 e. The first kappa shape index (κ1) is 10.4. The van der Waals surface area contributed by atoms with E-state index in [1.54, 1.807) is 0 Å². The van der Waals surface area contributed by atoms with Crippen molar-refractivity contribution in [2.75, 3.05) is 0 Å². The Hall–Kier alpha value is -1.72. The molecule has 1 aliphatic rings. The van der Waals surface area contributed by atoms with Gasteiger partial charge in [0.15, 0.2) is 17.0 Å². The topological polar surface area (TPSA) is 120 Å². The van der Waals surface area contributed by atoms with Gasteiger partial charge in [-0.05, 0) is 0 Å². The van der Waals surface area contributed by atoms with Gasteiger partial charge in [0.2, 0.25) is 11.8 Å². The molecule has 14 heavy (non-hydrogen) atoms. The van der Waals surface area contributed by atoms with Crippen LogP contribution in [0.4, 0.5) is 0 Å². The van der Waals surface area contributed by atoms with Crippen LogP contribution in [0.2, 0.25) is 0 Å². The second-order valence-corrected chi connectivity index (χ2v) is 3.26. The summed E-state index contributed by atoms with van der Waals surface area (Å²) in [6, 6.07) is 0. The standard InChI is InChI=1S/C8H10N2O4/c9-6(13)3-8(7(10)14)4(11)1-2-5(8)12/h1-3H2,(H2,9,13)(H2,10,14). The number of amides is 2. The fourth-order valence-electron chi connectivity index (χ4n) is 1.63. The molecule has 1 saturated carbocycles. The molecular weight excluding hydrogens is 188 g/mol. The number of nitrogens with two attached hydrogens (primary N) is 2. The smallest absolute Gasteiger partial charge is 0.239 e. The molecule has 0 atom stereocenters. The SMILES string of the molecule is NC(=O)CC1(C(N)=O)C(=O)CCC1=O. The van der Waals surface area contributed by atoms with E-state index in [1.807, 2.05) is 0 Å². The maximum absolute atomic E-state index is 11.4. The largest absolute Gasteiger partial charge is 0.370 e. The molecule has 0 aromatic carbocycles. The molecule has 4 N–H and O–H groups in total. The van der Waals surface area contributed by atoms with Crippen LogP contribution in [0.1, 0.15) is 19.3 Å². The lowest BCUT2D eigenvalue weighted by atomic mass is 9.80. The maximum atomic E-state index is 11.4. The van der Waals surface area contributed by atoms with Crippen LogP contribution in [-0.4, -0.2) is 23.4 Å². The summed E-state index contributed by atoms with van der Waals surface area (Å²) in [5.74, 6) is -3.17. The van der Waals surface area contributed by atoms with E-state index < -0.39 is 35.2 Å². The normalized spacial score (nSPS) is 19.7. The summed E-state index contributed by atoms with van der Waals surface area (Å²) in [6.07, 6.45) is -0.704. The van der Waals surface area contributed by atoms with Gasteiger partial charge in [0.1, 0.15) is 0 Å². The first-order chi connectivity index (χ1) is 6.41. The van der Waals surface area contributed by atoms with Crippen molar-refractivity contribution in [1.29, 1.82) is 0 Å². The highest BCUT2D eigenvalue weighted by atomic mass is 16.2. The third-order valence-electron chi connectivity index (χ3n) is 2.39. The first-order valence-corrected chi connectivity index (χ1v) is 4.06. The Kier molecular flexibility index (Phi) is 2.37. The quantitative estimate of drug-likeness (QED) is 0.523. The molecule has 1 rings (SSSR count). The number of carbonyl (C=O) groups excluding carboxylic acids is 4. The number of carbonyl (C=O) groups is 4. The fraction of sp³-hybridized carbons (Fsp3) is 0.500. The van der Waals surface area contributed by atoms with Gasteiger partial charge in [-0.15, -0.1) is 0 Å². The molecule has 0 radical (unpaired) electrons. The molecule has 0 saturated heterocycles. The molecule has 0 aromatic heterocycles. The van der Waals surface area contributed by atoms with E-state index >= 15 is 0 Å². The molecule has 0 unspecified atom stereocenters. The molecule has 0 heterocycles. The number of primary amides is 2. The average molecular weight is 198 g/mol. The Morgan fingerprint density at radius 2 is 1.57 bits per heavy atom. The lowest BCUT2D eigenvalue weighted by Gasteiger charge is -2.19. The molecular formula is C8H10N2O4. The van der Waals surface area contributed by atoms with Gasteiger partial charge in [-0.25, -0.2) is 0 Å². The van der Waals surface area contributed by atoms with Crippen LogP contribution in [0.3, 0.4) is 0 Å². The molecule has 6 nitrogen and oxygen atoms in total. The van der Waals surface area contributed by atoms with Crippen molar-refractivity contribution in [2.45, 2.75) is 19.3 Å². The van der Waals surface area contributed by atoms with E-state index in [1.165, 1.54) is 0 Å². The summed E-state index contributed by atoms with van der Waals surface area (Å²) in [5.41, 5.74) is 7.86. The molecule has 1 fully saturated rings. The van der Waals surface area contributed by atoms with Gasteiger partial charge >= 0.3 is 0 Å². The van der Waals surface area contributed by atoms with Crippen molar-refractivity contribution in [3.8, 4) is 0 Å². The van der Waals surface area contributed by atoms with Gasteiger partial charge in [-0.3, -0.25) is 19.2 Å². The minimum atomic E-state index is -1.98. The van der Waals surface area contributed by atoms with Crippen LogP contribution in [-0.2, 0) is 19.2 Å². The lowest BCUT2D eigenvalue weighted by Crippen LogP contribution is -2.48. The second kappa shape index (κ2) is 3.21. The highest BCUT2D eigenvalue weighted by Gasteiger charge is 2.55. The molecule has 0 aliphatic heterocycles. The zero-order valence-electron chi connectivity index (χ0n) is 7.41. The van der Waals surface area contributed by atoms with Crippen molar-refractivity contribution in [3.05, 3.63) is 0 Å². The predicted octanol–water partition coefficient (Wildman–Crippen LogP) is -1.73. The summed E-state index contributed by atoms with van der Waals surface area (Å²) < 4.78 is 0. The van der Waals surface area contributed by atoms with Crippen LogP contribution in [0, 0.1) is 5.41 Å². The minimum Gasteiger partial charge on any atom is -0.370 e. The highest BCUT2D eigenvalue weighted by molar-refractivity contribution is 6.28. The summed E-state index contributed by atoms with van der Waals surface area (Å²) >= 11 is 0. The Bertz CT molecular complexity index is 318. The van der Waals surface area contributed by atoms with Gasteiger partial charge in [-0.2, -0.15) is 0 Å². The minimum absolute atomic E-state index is 0.0466. The summed E-state index contributed by atoms with van der Waals surface area (Å²) in [6.45, 7) is 0. The predicted molar refractivity (Wildman–Crippen MR) is 44.7 cm³/mol. The summed E-state index contributed by atoms with van der Waals surface area (Å²) in [4.78, 5) is 44.4. The number of hydrogen-bond donors (Lipinski definition) is 2. The highest BCUT2D eigenvalue weighted by Crippen LogP contribution is 2.34. The van der Waals surface area contributed by atoms with E-state index in [0.29, 0.717) is 0 Å². The number of Topliss-reactive ketones (excluding diaryl/α,β-unsaturated/α-hetero) is 2. The molecule has 1 aliphatic carbocycles. The number of hydrogen-bond acceptors (Lipinski definition) is 4. The molecule has 0 aromatic rings. The summed E-state index contributed by atoms with van der Waals surface area (Å²) in [7, 11) is 0. The third-order valence-corrected chi connectivity index (χ3v) is 2.39. The molecule has 0 bridgehead atoms. The van der Waals surface area contributed by atoms with E-state index in [2.05, 4.69) is 0 Å². The van der Waals surface area contributed by atoms with Gasteiger partial charge in [0, 0.05) is 12.8 Å². The first-order valence-electron chi connectivity index (χ1n) is 4.06. The fourth-order valence-corrected chi connectivity index (χ4v) is 1.63. The van der Waals surface area contributed by atoms with Crippen molar-refractivity contribution < 1.29 is 19.2 Å². The van der Waals surface area contributed by atoms with Gasteiger partial charge in [-0.1, -0.05) is 0 Å². The Labute approximate surface area is 79.6 Å². The molecule has 6 heteroatoms. The Balaban J connectivity index is 3.14. The van der Waals surface area contributed by atoms with Crippen LogP contribution in [0.15, 0.2) is 0 Å². The zero-order valence-corrected chi connectivity index (χ0v) is 7.41. The Morgan fingerprint density at radius 1 is 1.14 bits per heavy atom. The van der Waals surface area contributed by atoms with Crippen molar-refractivity contribution in [2.24, 2.45) is 16.9 Å². The van der Waals surface area contributed by atoms with Crippen molar-refractivity contribution >= 4 is 23.4 Å². The molecule has 76 valence electrons. The van der Waals surface area contributed by atoms with Crippen LogP contribution < -0.4 is 11.5 Å². The van der Waals surface area contributed by atoms with Gasteiger partial charge in [0.25, 0.3) is 0 Å². The second-order valence-electron chi connectivity index (χ2n) is 3.26. The van der Waals surface area contributed by atoms with Gasteiger partial charge < -0.3 is 11.5 Å². The van der Waals surface area contributed by atoms with E-state index in [4.69, 9.17) is 11.5 Å². The zero-order chi connectivity index (χ0) is 10.9. The number of rotatable bonds is 3. The van der Waals surface area contributed by atoms with E-state index in [-0.39, 0.29) is 12.8 Å². The van der Waals surface area contributed by atoms with Crippen LogP contribution in [0.5, 0.6) is 0 Å².